The van der Waals surface area contributed by atoms with Crippen molar-refractivity contribution in [1.29, 1.82) is 0 Å². The van der Waals surface area contributed by atoms with Gasteiger partial charge in [-0.1, -0.05) is 20.8 Å². The summed E-state index contributed by atoms with van der Waals surface area (Å²) < 4.78 is 10.3. The summed E-state index contributed by atoms with van der Waals surface area (Å²) in [7, 11) is 3.04. The van der Waals surface area contributed by atoms with Crippen LogP contribution >= 0.6 is 0 Å². The van der Waals surface area contributed by atoms with Crippen molar-refractivity contribution in [3.8, 4) is 11.5 Å². The van der Waals surface area contributed by atoms with Gasteiger partial charge in [0, 0.05) is 18.2 Å². The minimum atomic E-state index is -0.591. The summed E-state index contributed by atoms with van der Waals surface area (Å²) in [4.78, 5) is 24.7. The molecule has 0 radical (unpaired) electrons. The van der Waals surface area contributed by atoms with E-state index in [0.717, 1.165) is 6.42 Å². The molecule has 0 unspecified atom stereocenters. The second kappa shape index (κ2) is 9.02. The molecule has 23 heavy (non-hydrogen) atoms. The summed E-state index contributed by atoms with van der Waals surface area (Å²) in [6.07, 6.45) is 0.845. The van der Waals surface area contributed by atoms with Gasteiger partial charge in [-0.2, -0.15) is 0 Å². The first-order chi connectivity index (χ1) is 10.9. The van der Waals surface area contributed by atoms with Gasteiger partial charge in [-0.05, 0) is 24.5 Å². The van der Waals surface area contributed by atoms with Crippen molar-refractivity contribution in [3.05, 3.63) is 23.8 Å². The van der Waals surface area contributed by atoms with E-state index in [4.69, 9.17) is 9.47 Å². The van der Waals surface area contributed by atoms with Crippen LogP contribution < -0.4 is 20.1 Å². The summed E-state index contributed by atoms with van der Waals surface area (Å²) in [6.45, 7) is 6.35. The minimum Gasteiger partial charge on any atom is -0.497 e. The Hall–Kier alpha value is -2.24. The van der Waals surface area contributed by atoms with Crippen molar-refractivity contribution >= 4 is 11.8 Å². The van der Waals surface area contributed by atoms with Crippen molar-refractivity contribution in [2.24, 2.45) is 5.92 Å². The Balaban J connectivity index is 2.92. The van der Waals surface area contributed by atoms with Crippen molar-refractivity contribution in [2.45, 2.75) is 33.2 Å². The fourth-order valence-corrected chi connectivity index (χ4v) is 2.06. The summed E-state index contributed by atoms with van der Waals surface area (Å²) >= 11 is 0. The van der Waals surface area contributed by atoms with Crippen molar-refractivity contribution in [1.82, 2.24) is 10.6 Å². The van der Waals surface area contributed by atoms with Gasteiger partial charge in [-0.15, -0.1) is 0 Å². The van der Waals surface area contributed by atoms with Gasteiger partial charge in [0.2, 0.25) is 5.91 Å². The van der Waals surface area contributed by atoms with Crippen LogP contribution in [-0.2, 0) is 4.79 Å². The molecule has 0 aliphatic carbocycles. The van der Waals surface area contributed by atoms with Crippen LogP contribution in [0.4, 0.5) is 0 Å². The van der Waals surface area contributed by atoms with E-state index in [-0.39, 0.29) is 17.7 Å². The number of methoxy groups -OCH3 is 2. The lowest BCUT2D eigenvalue weighted by atomic mass is 10.0. The molecule has 0 saturated carbocycles. The molecule has 0 bridgehead atoms. The number of carbonyl (C=O) groups excluding carboxylic acids is 2. The Morgan fingerprint density at radius 2 is 1.65 bits per heavy atom. The molecule has 1 aromatic carbocycles. The second-order valence-corrected chi connectivity index (χ2v) is 5.59. The fourth-order valence-electron chi connectivity index (χ4n) is 2.06. The van der Waals surface area contributed by atoms with Gasteiger partial charge in [-0.3, -0.25) is 9.59 Å². The lowest BCUT2D eigenvalue weighted by Gasteiger charge is -2.22. The molecule has 1 atom stereocenters. The average molecular weight is 322 g/mol. The predicted octanol–water partition coefficient (Wildman–Crippen LogP) is 1.98. The van der Waals surface area contributed by atoms with Crippen LogP contribution in [0.25, 0.3) is 0 Å². The Morgan fingerprint density at radius 1 is 1.09 bits per heavy atom. The molecule has 0 aliphatic heterocycles. The quantitative estimate of drug-likeness (QED) is 0.767. The van der Waals surface area contributed by atoms with E-state index in [1.807, 2.05) is 20.8 Å². The summed E-state index contributed by atoms with van der Waals surface area (Å²) in [6, 6.07) is 4.31. The number of carbonyl (C=O) groups is 2. The van der Waals surface area contributed by atoms with E-state index >= 15 is 0 Å². The van der Waals surface area contributed by atoms with E-state index < -0.39 is 6.04 Å². The zero-order valence-corrected chi connectivity index (χ0v) is 14.4. The standard InChI is InChI=1S/C17H26N2O4/c1-6-7-18-17(21)15(11(2)3)19-16(20)12-8-13(22-4)10-14(9-12)23-5/h8-11,15H,6-7H2,1-5H3,(H,18,21)(H,19,20)/t15-/m0/s1. The predicted molar refractivity (Wildman–Crippen MR) is 88.9 cm³/mol. The molecular weight excluding hydrogens is 296 g/mol. The molecule has 1 aromatic rings. The first-order valence-corrected chi connectivity index (χ1v) is 7.74. The third-order valence-electron chi connectivity index (χ3n) is 3.40. The third-order valence-corrected chi connectivity index (χ3v) is 3.40. The van der Waals surface area contributed by atoms with Crippen LogP contribution in [0, 0.1) is 5.92 Å². The average Bonchev–Trinajstić information content (AvgIpc) is 2.56. The molecule has 0 heterocycles. The summed E-state index contributed by atoms with van der Waals surface area (Å²) in [5.74, 6) is 0.498. The van der Waals surface area contributed by atoms with E-state index in [0.29, 0.717) is 23.6 Å². The molecule has 0 spiro atoms. The first kappa shape index (κ1) is 18.8. The van der Waals surface area contributed by atoms with Crippen LogP contribution in [0.15, 0.2) is 18.2 Å². The number of nitrogens with one attached hydrogen (secondary N) is 2. The molecule has 0 aliphatic rings. The molecular formula is C17H26N2O4. The topological polar surface area (TPSA) is 76.7 Å². The largest absolute Gasteiger partial charge is 0.497 e. The maximum atomic E-state index is 12.5. The molecule has 0 fully saturated rings. The van der Waals surface area contributed by atoms with Crippen LogP contribution in [-0.4, -0.2) is 38.6 Å². The van der Waals surface area contributed by atoms with E-state index in [1.54, 1.807) is 18.2 Å². The Bertz CT molecular complexity index is 521. The molecule has 6 heteroatoms. The van der Waals surface area contributed by atoms with Gasteiger partial charge in [0.1, 0.15) is 17.5 Å². The number of ether oxygens (including phenoxy) is 2. The highest BCUT2D eigenvalue weighted by Crippen LogP contribution is 2.22. The van der Waals surface area contributed by atoms with Gasteiger partial charge in [0.05, 0.1) is 14.2 Å². The first-order valence-electron chi connectivity index (χ1n) is 7.74. The van der Waals surface area contributed by atoms with Crippen molar-refractivity contribution in [2.75, 3.05) is 20.8 Å². The van der Waals surface area contributed by atoms with Crippen LogP contribution in [0.2, 0.25) is 0 Å². The molecule has 0 saturated heterocycles. The summed E-state index contributed by atoms with van der Waals surface area (Å²) in [5, 5.41) is 5.59. The Morgan fingerprint density at radius 3 is 2.09 bits per heavy atom. The highest BCUT2D eigenvalue weighted by molar-refractivity contribution is 5.98. The monoisotopic (exact) mass is 322 g/mol. The lowest BCUT2D eigenvalue weighted by molar-refractivity contribution is -0.123. The normalized spacial score (nSPS) is 11.7. The fraction of sp³-hybridized carbons (Fsp3) is 0.529. The number of benzene rings is 1. The third kappa shape index (κ3) is 5.47. The second-order valence-electron chi connectivity index (χ2n) is 5.59. The summed E-state index contributed by atoms with van der Waals surface area (Å²) in [5.41, 5.74) is 0.384. The van der Waals surface area contributed by atoms with E-state index in [2.05, 4.69) is 10.6 Å². The van der Waals surface area contributed by atoms with Crippen LogP contribution in [0.3, 0.4) is 0 Å². The zero-order chi connectivity index (χ0) is 17.4. The molecule has 1 rings (SSSR count). The smallest absolute Gasteiger partial charge is 0.252 e. The molecule has 128 valence electrons. The van der Waals surface area contributed by atoms with E-state index in [1.165, 1.54) is 14.2 Å². The maximum Gasteiger partial charge on any atom is 0.252 e. The Labute approximate surface area is 137 Å². The zero-order valence-electron chi connectivity index (χ0n) is 14.4. The number of hydrogen-bond acceptors (Lipinski definition) is 4. The van der Waals surface area contributed by atoms with Gasteiger partial charge in [0.25, 0.3) is 5.91 Å². The number of amides is 2. The molecule has 0 aromatic heterocycles. The Kier molecular flexibility index (Phi) is 7.38. The van der Waals surface area contributed by atoms with E-state index in [9.17, 15) is 9.59 Å². The highest BCUT2D eigenvalue weighted by atomic mass is 16.5. The van der Waals surface area contributed by atoms with Crippen molar-refractivity contribution in [3.63, 3.8) is 0 Å². The molecule has 2 amide bonds. The van der Waals surface area contributed by atoms with Gasteiger partial charge < -0.3 is 20.1 Å². The lowest BCUT2D eigenvalue weighted by Crippen LogP contribution is -2.49. The number of rotatable bonds is 8. The maximum absolute atomic E-state index is 12.5. The van der Waals surface area contributed by atoms with Gasteiger partial charge in [0.15, 0.2) is 0 Å². The van der Waals surface area contributed by atoms with Gasteiger partial charge >= 0.3 is 0 Å². The number of hydrogen-bond donors (Lipinski definition) is 2. The molecule has 6 nitrogen and oxygen atoms in total. The molecule has 2 N–H and O–H groups in total. The SMILES string of the molecule is CCCNC(=O)[C@@H](NC(=O)c1cc(OC)cc(OC)c1)C(C)C. The van der Waals surface area contributed by atoms with Crippen molar-refractivity contribution < 1.29 is 19.1 Å². The van der Waals surface area contributed by atoms with Crippen LogP contribution in [0.1, 0.15) is 37.6 Å². The minimum absolute atomic E-state index is 0.0247. The van der Waals surface area contributed by atoms with Crippen LogP contribution in [0.5, 0.6) is 11.5 Å². The van der Waals surface area contributed by atoms with Gasteiger partial charge in [-0.25, -0.2) is 0 Å². The highest BCUT2D eigenvalue weighted by Gasteiger charge is 2.24.